The zero-order valence-electron chi connectivity index (χ0n) is 5.09. The molecule has 0 saturated carbocycles. The molecule has 0 aliphatic rings. The van der Waals surface area contributed by atoms with E-state index in [1.807, 2.05) is 0 Å². The topological polar surface area (TPSA) is 110 Å². The lowest BCUT2D eigenvalue weighted by Gasteiger charge is -1.95. The first-order chi connectivity index (χ1) is 4.70. The summed E-state index contributed by atoms with van der Waals surface area (Å²) in [6, 6.07) is -0.682. The van der Waals surface area contributed by atoms with Crippen molar-refractivity contribution in [3.05, 3.63) is 6.33 Å². The van der Waals surface area contributed by atoms with Crippen molar-refractivity contribution in [2.75, 3.05) is 11.1 Å². The summed E-state index contributed by atoms with van der Waals surface area (Å²) in [6.45, 7) is 0. The van der Waals surface area contributed by atoms with Crippen LogP contribution in [0.2, 0.25) is 0 Å². The van der Waals surface area contributed by atoms with Crippen LogP contribution >= 0.6 is 0 Å². The Kier molecular flexibility index (Phi) is 1.44. The molecule has 0 spiro atoms. The highest BCUT2D eigenvalue weighted by Crippen LogP contribution is 2.08. The summed E-state index contributed by atoms with van der Waals surface area (Å²) in [4.78, 5) is 16.5. The minimum absolute atomic E-state index is 0.257. The van der Waals surface area contributed by atoms with Crippen LogP contribution in [0.5, 0.6) is 0 Å². The van der Waals surface area contributed by atoms with Gasteiger partial charge >= 0.3 is 6.03 Å². The second-order valence-electron chi connectivity index (χ2n) is 1.65. The quantitative estimate of drug-likeness (QED) is 0.422. The van der Waals surface area contributed by atoms with Crippen LogP contribution in [0.15, 0.2) is 6.33 Å². The highest BCUT2D eigenvalue weighted by atomic mass is 16.2. The Balaban J connectivity index is 2.74. The molecule has 6 N–H and O–H groups in total. The van der Waals surface area contributed by atoms with Gasteiger partial charge in [-0.2, -0.15) is 0 Å². The third-order valence-corrected chi connectivity index (χ3v) is 0.910. The second kappa shape index (κ2) is 2.26. The minimum atomic E-state index is -0.682. The van der Waals surface area contributed by atoms with Gasteiger partial charge in [-0.1, -0.05) is 0 Å². The number of carbonyl (C=O) groups is 1. The molecular formula is C4H7N5O. The number of nitrogen functional groups attached to an aromatic ring is 1. The molecule has 1 heterocycles. The van der Waals surface area contributed by atoms with Gasteiger partial charge in [-0.25, -0.2) is 9.78 Å². The molecule has 54 valence electrons. The number of H-pyrrole nitrogens is 1. The fraction of sp³-hybridized carbons (Fsp3) is 0. The number of primary amides is 1. The SMILES string of the molecule is NC(=O)Nc1nc[nH]c1N. The highest BCUT2D eigenvalue weighted by molar-refractivity contribution is 5.89. The molecular weight excluding hydrogens is 134 g/mol. The van der Waals surface area contributed by atoms with E-state index in [2.05, 4.69) is 15.3 Å². The zero-order chi connectivity index (χ0) is 7.56. The van der Waals surface area contributed by atoms with Crippen molar-refractivity contribution >= 4 is 17.7 Å². The van der Waals surface area contributed by atoms with Crippen molar-refractivity contribution in [3.8, 4) is 0 Å². The first-order valence-electron chi connectivity index (χ1n) is 2.55. The standard InChI is InChI=1S/C4H7N5O/c5-2-3(8-1-7-2)9-4(6)10/h1H,5H2,(H,7,8)(H3,6,9,10). The molecule has 0 unspecified atom stereocenters. The molecule has 0 aliphatic heterocycles. The van der Waals surface area contributed by atoms with E-state index in [4.69, 9.17) is 11.5 Å². The average Bonchev–Trinajstić information content (AvgIpc) is 2.15. The monoisotopic (exact) mass is 141 g/mol. The molecule has 1 aromatic rings. The lowest BCUT2D eigenvalue weighted by atomic mass is 10.6. The number of nitrogens with one attached hydrogen (secondary N) is 2. The zero-order valence-corrected chi connectivity index (χ0v) is 5.09. The van der Waals surface area contributed by atoms with Gasteiger partial charge in [-0.15, -0.1) is 0 Å². The lowest BCUT2D eigenvalue weighted by molar-refractivity contribution is 0.259. The van der Waals surface area contributed by atoms with E-state index in [0.717, 1.165) is 0 Å². The third kappa shape index (κ3) is 1.16. The molecule has 0 atom stereocenters. The molecule has 0 fully saturated rings. The number of rotatable bonds is 1. The van der Waals surface area contributed by atoms with Crippen molar-refractivity contribution in [2.24, 2.45) is 5.73 Å². The molecule has 0 bridgehead atoms. The number of carbonyl (C=O) groups excluding carboxylic acids is 1. The summed E-state index contributed by atoms with van der Waals surface area (Å²) in [7, 11) is 0. The van der Waals surface area contributed by atoms with Gasteiger partial charge in [-0.3, -0.25) is 5.32 Å². The highest BCUT2D eigenvalue weighted by Gasteiger charge is 2.01. The molecule has 0 aromatic carbocycles. The fourth-order valence-corrected chi connectivity index (χ4v) is 0.521. The average molecular weight is 141 g/mol. The summed E-state index contributed by atoms with van der Waals surface area (Å²) in [5, 5.41) is 2.22. The van der Waals surface area contributed by atoms with Gasteiger partial charge in [0.2, 0.25) is 0 Å². The number of aromatic nitrogens is 2. The van der Waals surface area contributed by atoms with Gasteiger partial charge < -0.3 is 16.5 Å². The normalized spacial score (nSPS) is 9.20. The van der Waals surface area contributed by atoms with Crippen LogP contribution < -0.4 is 16.8 Å². The van der Waals surface area contributed by atoms with Crippen molar-refractivity contribution in [1.82, 2.24) is 9.97 Å². The van der Waals surface area contributed by atoms with Crippen molar-refractivity contribution < 1.29 is 4.79 Å². The van der Waals surface area contributed by atoms with Gasteiger partial charge in [0.15, 0.2) is 5.82 Å². The smallest absolute Gasteiger partial charge is 0.317 e. The Bertz CT molecular complexity index is 242. The van der Waals surface area contributed by atoms with E-state index < -0.39 is 6.03 Å². The predicted octanol–water partition coefficient (Wildman–Crippen LogP) is -0.518. The third-order valence-electron chi connectivity index (χ3n) is 0.910. The summed E-state index contributed by atoms with van der Waals surface area (Å²) in [5.41, 5.74) is 10.1. The van der Waals surface area contributed by atoms with E-state index in [1.54, 1.807) is 0 Å². The predicted molar refractivity (Wildman–Crippen MR) is 36.2 cm³/mol. The van der Waals surface area contributed by atoms with Gasteiger partial charge in [0.05, 0.1) is 6.33 Å². The number of anilines is 2. The van der Waals surface area contributed by atoms with Crippen LogP contribution in [0.1, 0.15) is 0 Å². The Labute approximate surface area is 56.6 Å². The molecule has 0 aliphatic carbocycles. The molecule has 0 radical (unpaired) electrons. The summed E-state index contributed by atoms with van der Waals surface area (Å²) < 4.78 is 0. The molecule has 1 rings (SSSR count). The Morgan fingerprint density at radius 2 is 2.50 bits per heavy atom. The van der Waals surface area contributed by atoms with Crippen LogP contribution in [-0.4, -0.2) is 16.0 Å². The van der Waals surface area contributed by atoms with E-state index in [0.29, 0.717) is 5.82 Å². The maximum atomic E-state index is 10.2. The lowest BCUT2D eigenvalue weighted by Crippen LogP contribution is -2.20. The van der Waals surface area contributed by atoms with Crippen LogP contribution in [0, 0.1) is 0 Å². The Morgan fingerprint density at radius 1 is 1.80 bits per heavy atom. The molecule has 6 heteroatoms. The van der Waals surface area contributed by atoms with Gasteiger partial charge in [0.25, 0.3) is 0 Å². The number of hydrogen-bond acceptors (Lipinski definition) is 3. The van der Waals surface area contributed by atoms with E-state index in [9.17, 15) is 4.79 Å². The Morgan fingerprint density at radius 3 is 2.90 bits per heavy atom. The van der Waals surface area contributed by atoms with Crippen molar-refractivity contribution in [2.45, 2.75) is 0 Å². The molecule has 0 saturated heterocycles. The summed E-state index contributed by atoms with van der Waals surface area (Å²) in [6.07, 6.45) is 1.36. The number of nitrogens with zero attached hydrogens (tertiary/aromatic N) is 1. The largest absolute Gasteiger partial charge is 0.382 e. The Hall–Kier alpha value is -1.72. The first kappa shape index (κ1) is 6.40. The molecule has 2 amide bonds. The van der Waals surface area contributed by atoms with E-state index in [-0.39, 0.29) is 5.82 Å². The van der Waals surface area contributed by atoms with Crippen molar-refractivity contribution in [3.63, 3.8) is 0 Å². The number of hydrogen-bond donors (Lipinski definition) is 4. The van der Waals surface area contributed by atoms with Gasteiger partial charge in [-0.05, 0) is 0 Å². The molecule has 6 nitrogen and oxygen atoms in total. The second-order valence-corrected chi connectivity index (χ2v) is 1.65. The minimum Gasteiger partial charge on any atom is -0.382 e. The van der Waals surface area contributed by atoms with Gasteiger partial charge in [0.1, 0.15) is 5.82 Å². The van der Waals surface area contributed by atoms with Crippen molar-refractivity contribution in [1.29, 1.82) is 0 Å². The van der Waals surface area contributed by atoms with E-state index in [1.165, 1.54) is 6.33 Å². The van der Waals surface area contributed by atoms with Crippen LogP contribution in [0.25, 0.3) is 0 Å². The number of imidazole rings is 1. The number of amides is 2. The summed E-state index contributed by atoms with van der Waals surface area (Å²) >= 11 is 0. The molecule has 1 aromatic heterocycles. The maximum absolute atomic E-state index is 10.2. The maximum Gasteiger partial charge on any atom is 0.317 e. The van der Waals surface area contributed by atoms with Crippen LogP contribution in [-0.2, 0) is 0 Å². The van der Waals surface area contributed by atoms with Gasteiger partial charge in [0, 0.05) is 0 Å². The fourth-order valence-electron chi connectivity index (χ4n) is 0.521. The summed E-state index contributed by atoms with van der Waals surface area (Å²) in [5.74, 6) is 0.548. The molecule has 10 heavy (non-hydrogen) atoms. The van der Waals surface area contributed by atoms with Crippen LogP contribution in [0.3, 0.4) is 0 Å². The number of nitrogens with two attached hydrogens (primary N) is 2. The number of aromatic amines is 1. The van der Waals surface area contributed by atoms with Crippen LogP contribution in [0.4, 0.5) is 16.4 Å². The first-order valence-corrected chi connectivity index (χ1v) is 2.55. The van der Waals surface area contributed by atoms with E-state index >= 15 is 0 Å². The number of urea groups is 1.